The van der Waals surface area contributed by atoms with Crippen molar-refractivity contribution in [2.45, 2.75) is 66.2 Å². The summed E-state index contributed by atoms with van der Waals surface area (Å²) < 4.78 is 0. The zero-order valence-corrected chi connectivity index (χ0v) is 21.9. The Kier molecular flexibility index (Phi) is 8.20. The topological polar surface area (TPSA) is 3.24 Å². The Morgan fingerprint density at radius 2 is 1.15 bits per heavy atom. The van der Waals surface area contributed by atoms with Crippen molar-refractivity contribution < 1.29 is 0 Å². The number of nitrogens with zero attached hydrogens (tertiary/aromatic N) is 1. The van der Waals surface area contributed by atoms with E-state index < -0.39 is 0 Å². The average molecular weight is 452 g/mol. The summed E-state index contributed by atoms with van der Waals surface area (Å²) in [5, 5.41) is 0. The molecule has 0 bridgehead atoms. The van der Waals surface area contributed by atoms with Gasteiger partial charge in [0.05, 0.1) is 0 Å². The fourth-order valence-corrected chi connectivity index (χ4v) is 4.77. The number of benzene rings is 3. The van der Waals surface area contributed by atoms with Crippen LogP contribution in [0.1, 0.15) is 63.6 Å². The smallest absolute Gasteiger partial charge is 0.0461 e. The van der Waals surface area contributed by atoms with Gasteiger partial charge in [0.25, 0.3) is 0 Å². The second-order valence-corrected chi connectivity index (χ2v) is 10.2. The summed E-state index contributed by atoms with van der Waals surface area (Å²) in [7, 11) is 0. The van der Waals surface area contributed by atoms with Gasteiger partial charge in [-0.2, -0.15) is 0 Å². The van der Waals surface area contributed by atoms with E-state index in [9.17, 15) is 0 Å². The van der Waals surface area contributed by atoms with Crippen LogP contribution in [-0.2, 0) is 5.41 Å². The van der Waals surface area contributed by atoms with Crippen LogP contribution >= 0.6 is 0 Å². The largest absolute Gasteiger partial charge is 0.311 e. The van der Waals surface area contributed by atoms with E-state index in [4.69, 9.17) is 0 Å². The number of hydrogen-bond acceptors (Lipinski definition) is 1. The molecule has 0 aromatic heterocycles. The molecule has 0 aliphatic rings. The van der Waals surface area contributed by atoms with Gasteiger partial charge in [-0.3, -0.25) is 0 Å². The standard InChI is InChI=1S/C33H41N/c1-8-11-24-32(6,9-2)25-33(7,10-3)28-16-22-31(23-17-28)34(29-18-12-26(4)13-19-29)30-20-14-27(5)15-21-30/h8,11-24H,1,9-10,25H2,2-7H3/b24-11+. The summed E-state index contributed by atoms with van der Waals surface area (Å²) in [6.45, 7) is 17.5. The first-order valence-electron chi connectivity index (χ1n) is 12.6. The number of allylic oxidation sites excluding steroid dienone is 3. The van der Waals surface area contributed by atoms with Gasteiger partial charge < -0.3 is 4.90 Å². The molecule has 0 radical (unpaired) electrons. The van der Waals surface area contributed by atoms with E-state index in [1.807, 2.05) is 6.08 Å². The summed E-state index contributed by atoms with van der Waals surface area (Å²) in [5.41, 5.74) is 7.72. The number of hydrogen-bond donors (Lipinski definition) is 0. The van der Waals surface area contributed by atoms with Crippen molar-refractivity contribution in [3.05, 3.63) is 114 Å². The second-order valence-electron chi connectivity index (χ2n) is 10.2. The first-order valence-corrected chi connectivity index (χ1v) is 12.6. The maximum Gasteiger partial charge on any atom is 0.0461 e. The fraction of sp³-hybridized carbons (Fsp3) is 0.333. The highest BCUT2D eigenvalue weighted by molar-refractivity contribution is 5.76. The van der Waals surface area contributed by atoms with Crippen LogP contribution in [0.2, 0.25) is 0 Å². The minimum Gasteiger partial charge on any atom is -0.311 e. The lowest BCUT2D eigenvalue weighted by Crippen LogP contribution is -2.29. The molecular weight excluding hydrogens is 410 g/mol. The molecule has 3 aromatic carbocycles. The Bertz CT molecular complexity index is 1040. The average Bonchev–Trinajstić information content (AvgIpc) is 2.85. The molecule has 0 saturated carbocycles. The lowest BCUT2D eigenvalue weighted by atomic mass is 9.67. The summed E-state index contributed by atoms with van der Waals surface area (Å²) in [4.78, 5) is 2.34. The summed E-state index contributed by atoms with van der Waals surface area (Å²) in [6, 6.07) is 26.8. The first-order chi connectivity index (χ1) is 16.2. The molecule has 1 heteroatoms. The van der Waals surface area contributed by atoms with Gasteiger partial charge in [-0.25, -0.2) is 0 Å². The van der Waals surface area contributed by atoms with E-state index in [1.54, 1.807) is 0 Å². The highest BCUT2D eigenvalue weighted by Crippen LogP contribution is 2.43. The summed E-state index contributed by atoms with van der Waals surface area (Å²) >= 11 is 0. The minimum atomic E-state index is 0.105. The van der Waals surface area contributed by atoms with Crippen LogP contribution in [0.5, 0.6) is 0 Å². The first kappa shape index (κ1) is 25.6. The molecule has 0 fully saturated rings. The zero-order valence-electron chi connectivity index (χ0n) is 21.9. The minimum absolute atomic E-state index is 0.105. The van der Waals surface area contributed by atoms with Gasteiger partial charge in [0.15, 0.2) is 0 Å². The lowest BCUT2D eigenvalue weighted by Gasteiger charge is -2.38. The maximum absolute atomic E-state index is 3.87. The van der Waals surface area contributed by atoms with E-state index >= 15 is 0 Å². The highest BCUT2D eigenvalue weighted by Gasteiger charge is 2.33. The van der Waals surface area contributed by atoms with Gasteiger partial charge in [-0.15, -0.1) is 0 Å². The fourth-order valence-electron chi connectivity index (χ4n) is 4.77. The Balaban J connectivity index is 1.99. The van der Waals surface area contributed by atoms with Crippen molar-refractivity contribution >= 4 is 17.1 Å². The predicted molar refractivity (Wildman–Crippen MR) is 151 cm³/mol. The third kappa shape index (κ3) is 5.89. The third-order valence-electron chi connectivity index (χ3n) is 7.42. The molecule has 1 nitrogen and oxygen atoms in total. The van der Waals surface area contributed by atoms with Crippen LogP contribution in [0.15, 0.2) is 97.6 Å². The molecule has 0 saturated heterocycles. The summed E-state index contributed by atoms with van der Waals surface area (Å²) in [6.07, 6.45) is 9.64. The van der Waals surface area contributed by atoms with E-state index in [0.29, 0.717) is 0 Å². The predicted octanol–water partition coefficient (Wildman–Crippen LogP) is 9.99. The number of anilines is 3. The summed E-state index contributed by atoms with van der Waals surface area (Å²) in [5.74, 6) is 0. The third-order valence-corrected chi connectivity index (χ3v) is 7.42. The molecule has 178 valence electrons. The molecule has 0 amide bonds. The Morgan fingerprint density at radius 3 is 1.53 bits per heavy atom. The Morgan fingerprint density at radius 1 is 0.706 bits per heavy atom. The molecule has 2 atom stereocenters. The van der Waals surface area contributed by atoms with Crippen LogP contribution in [-0.4, -0.2) is 0 Å². The molecule has 34 heavy (non-hydrogen) atoms. The van der Waals surface area contributed by atoms with Gasteiger partial charge in [0, 0.05) is 17.1 Å². The molecular formula is C33H41N. The second kappa shape index (κ2) is 10.9. The van der Waals surface area contributed by atoms with E-state index in [0.717, 1.165) is 19.3 Å². The monoisotopic (exact) mass is 451 g/mol. The van der Waals surface area contributed by atoms with E-state index in [2.05, 4.69) is 138 Å². The van der Waals surface area contributed by atoms with Crippen LogP contribution in [0.25, 0.3) is 0 Å². The molecule has 0 N–H and O–H groups in total. The van der Waals surface area contributed by atoms with Crippen molar-refractivity contribution in [3.8, 4) is 0 Å². The Hall–Kier alpha value is -3.06. The normalized spacial score (nSPS) is 15.0. The van der Waals surface area contributed by atoms with Crippen LogP contribution in [0.3, 0.4) is 0 Å². The van der Waals surface area contributed by atoms with Gasteiger partial charge in [-0.05, 0) is 85.9 Å². The quantitative estimate of drug-likeness (QED) is 0.277. The molecule has 0 heterocycles. The Labute approximate surface area is 207 Å². The van der Waals surface area contributed by atoms with Crippen molar-refractivity contribution in [2.75, 3.05) is 4.90 Å². The van der Waals surface area contributed by atoms with Crippen molar-refractivity contribution in [1.29, 1.82) is 0 Å². The molecule has 0 aliphatic heterocycles. The van der Waals surface area contributed by atoms with Crippen molar-refractivity contribution in [2.24, 2.45) is 5.41 Å². The lowest BCUT2D eigenvalue weighted by molar-refractivity contribution is 0.264. The molecule has 3 rings (SSSR count). The number of aryl methyl sites for hydroxylation is 2. The number of rotatable bonds is 10. The molecule has 3 aromatic rings. The van der Waals surface area contributed by atoms with Gasteiger partial charge in [0.1, 0.15) is 0 Å². The SMILES string of the molecule is C=C/C=C/C(C)(CC)CC(C)(CC)c1ccc(N(c2ccc(C)cc2)c2ccc(C)cc2)cc1. The highest BCUT2D eigenvalue weighted by atomic mass is 15.1. The molecule has 0 aliphatic carbocycles. The van der Waals surface area contributed by atoms with Gasteiger partial charge in [-0.1, -0.05) is 100 Å². The van der Waals surface area contributed by atoms with Gasteiger partial charge >= 0.3 is 0 Å². The zero-order chi connectivity index (χ0) is 24.8. The van der Waals surface area contributed by atoms with Crippen LogP contribution < -0.4 is 4.90 Å². The van der Waals surface area contributed by atoms with E-state index in [1.165, 1.54) is 33.8 Å². The molecule has 2 unspecified atom stereocenters. The van der Waals surface area contributed by atoms with Crippen molar-refractivity contribution in [1.82, 2.24) is 0 Å². The maximum atomic E-state index is 3.87. The molecule has 0 spiro atoms. The van der Waals surface area contributed by atoms with Gasteiger partial charge in [0.2, 0.25) is 0 Å². The van der Waals surface area contributed by atoms with Crippen molar-refractivity contribution in [3.63, 3.8) is 0 Å². The van der Waals surface area contributed by atoms with E-state index in [-0.39, 0.29) is 10.8 Å². The van der Waals surface area contributed by atoms with Crippen LogP contribution in [0, 0.1) is 19.3 Å². The van der Waals surface area contributed by atoms with Crippen LogP contribution in [0.4, 0.5) is 17.1 Å².